The third-order valence-electron chi connectivity index (χ3n) is 5.65. The minimum atomic E-state index is 0.0924. The van der Waals surface area contributed by atoms with E-state index < -0.39 is 0 Å². The van der Waals surface area contributed by atoms with E-state index in [4.69, 9.17) is 4.42 Å². The van der Waals surface area contributed by atoms with Crippen molar-refractivity contribution < 1.29 is 4.42 Å². The zero-order valence-corrected chi connectivity index (χ0v) is 22.2. The Labute approximate surface area is 217 Å². The van der Waals surface area contributed by atoms with Gasteiger partial charge in [-0.05, 0) is 47.4 Å². The molecular formula is C28H25BrN4OS. The van der Waals surface area contributed by atoms with E-state index in [1.54, 1.807) is 18.0 Å². The molecule has 0 saturated carbocycles. The summed E-state index contributed by atoms with van der Waals surface area (Å²) in [7, 11) is 0. The summed E-state index contributed by atoms with van der Waals surface area (Å²) in [4.78, 5) is 4.66. The molecule has 2 aromatic heterocycles. The second-order valence-electron chi connectivity index (χ2n) is 9.24. The number of oxazole rings is 1. The molecule has 0 amide bonds. The molecule has 0 aliphatic carbocycles. The van der Waals surface area contributed by atoms with Gasteiger partial charge in [0, 0.05) is 27.0 Å². The van der Waals surface area contributed by atoms with Crippen LogP contribution in [0.4, 0.5) is 0 Å². The number of aromatic nitrogens is 4. The molecule has 5 rings (SSSR count). The van der Waals surface area contributed by atoms with Gasteiger partial charge in [0.2, 0.25) is 5.89 Å². The topological polar surface area (TPSA) is 56.7 Å². The standard InChI is InChI=1S/C28H25BrN4OS/c1-28(2,3)21-11-9-19(10-12-21)25-31-32-27(33(25)24-15-13-22(29)14-16-24)35-18-23-17-34-26(30-23)20-7-5-4-6-8-20/h4-17H,18H2,1-3H3. The molecule has 5 aromatic rings. The van der Waals surface area contributed by atoms with Crippen molar-refractivity contribution in [2.45, 2.75) is 37.1 Å². The van der Waals surface area contributed by atoms with Gasteiger partial charge in [0.05, 0.1) is 5.69 Å². The minimum Gasteiger partial charge on any atom is -0.444 e. The van der Waals surface area contributed by atoms with Crippen molar-refractivity contribution in [1.82, 2.24) is 19.7 Å². The fourth-order valence-corrected chi connectivity index (χ4v) is 4.81. The van der Waals surface area contributed by atoms with E-state index in [-0.39, 0.29) is 5.41 Å². The molecule has 0 aliphatic heterocycles. The van der Waals surface area contributed by atoms with Crippen molar-refractivity contribution in [2.75, 3.05) is 0 Å². The van der Waals surface area contributed by atoms with E-state index in [2.05, 4.69) is 92.8 Å². The van der Waals surface area contributed by atoms with Crippen LogP contribution in [-0.4, -0.2) is 19.7 Å². The van der Waals surface area contributed by atoms with Crippen LogP contribution in [0.5, 0.6) is 0 Å². The van der Waals surface area contributed by atoms with Gasteiger partial charge < -0.3 is 4.42 Å². The summed E-state index contributed by atoms with van der Waals surface area (Å²) in [6.45, 7) is 6.65. The molecule has 0 fully saturated rings. The lowest BCUT2D eigenvalue weighted by molar-refractivity contribution is 0.573. The Balaban J connectivity index is 1.46. The number of halogens is 1. The Hall–Kier alpha value is -3.16. The first kappa shape index (κ1) is 23.6. The second-order valence-corrected chi connectivity index (χ2v) is 11.1. The van der Waals surface area contributed by atoms with Gasteiger partial charge in [-0.2, -0.15) is 0 Å². The Bertz CT molecular complexity index is 1420. The molecule has 0 spiro atoms. The minimum absolute atomic E-state index is 0.0924. The largest absolute Gasteiger partial charge is 0.444 e. The SMILES string of the molecule is CC(C)(C)c1ccc(-c2nnc(SCc3coc(-c4ccccc4)n3)n2-c2ccc(Br)cc2)cc1. The summed E-state index contributed by atoms with van der Waals surface area (Å²) in [5.74, 6) is 2.05. The molecule has 0 unspecified atom stereocenters. The van der Waals surface area contributed by atoms with Gasteiger partial charge in [0.25, 0.3) is 0 Å². The van der Waals surface area contributed by atoms with E-state index in [0.29, 0.717) is 11.6 Å². The highest BCUT2D eigenvalue weighted by Gasteiger charge is 2.19. The zero-order valence-electron chi connectivity index (χ0n) is 19.8. The van der Waals surface area contributed by atoms with Crippen LogP contribution in [0.3, 0.4) is 0 Å². The third kappa shape index (κ3) is 5.26. The molecule has 5 nitrogen and oxygen atoms in total. The lowest BCUT2D eigenvalue weighted by Crippen LogP contribution is -2.10. The Kier molecular flexibility index (Phi) is 6.62. The second kappa shape index (κ2) is 9.84. The summed E-state index contributed by atoms with van der Waals surface area (Å²) >= 11 is 5.12. The van der Waals surface area contributed by atoms with Crippen LogP contribution >= 0.6 is 27.7 Å². The maximum absolute atomic E-state index is 5.71. The molecule has 0 aliphatic rings. The number of thioether (sulfide) groups is 1. The van der Waals surface area contributed by atoms with Crippen LogP contribution in [0, 0.1) is 0 Å². The van der Waals surface area contributed by atoms with Crippen LogP contribution in [0.25, 0.3) is 28.5 Å². The van der Waals surface area contributed by atoms with E-state index >= 15 is 0 Å². The predicted molar refractivity (Wildman–Crippen MR) is 145 cm³/mol. The lowest BCUT2D eigenvalue weighted by Gasteiger charge is -2.19. The molecule has 35 heavy (non-hydrogen) atoms. The quantitative estimate of drug-likeness (QED) is 0.203. The molecule has 0 bridgehead atoms. The summed E-state index contributed by atoms with van der Waals surface area (Å²) in [6.07, 6.45) is 1.71. The Morgan fingerprint density at radius 3 is 2.26 bits per heavy atom. The smallest absolute Gasteiger partial charge is 0.226 e. The zero-order chi connectivity index (χ0) is 24.4. The van der Waals surface area contributed by atoms with E-state index in [1.807, 2.05) is 42.5 Å². The average molecular weight is 546 g/mol. The van der Waals surface area contributed by atoms with Crippen LogP contribution in [0.2, 0.25) is 0 Å². The highest BCUT2D eigenvalue weighted by Crippen LogP contribution is 2.32. The Morgan fingerprint density at radius 1 is 0.857 bits per heavy atom. The van der Waals surface area contributed by atoms with Crippen LogP contribution in [-0.2, 0) is 11.2 Å². The normalized spacial score (nSPS) is 11.7. The fourth-order valence-electron chi connectivity index (χ4n) is 3.72. The highest BCUT2D eigenvalue weighted by atomic mass is 79.9. The number of benzene rings is 3. The Morgan fingerprint density at radius 2 is 1.57 bits per heavy atom. The summed E-state index contributed by atoms with van der Waals surface area (Å²) in [5, 5.41) is 9.92. The summed E-state index contributed by atoms with van der Waals surface area (Å²) in [6, 6.07) is 26.7. The molecule has 2 heterocycles. The van der Waals surface area contributed by atoms with Gasteiger partial charge >= 0.3 is 0 Å². The summed E-state index contributed by atoms with van der Waals surface area (Å²) < 4.78 is 8.83. The van der Waals surface area contributed by atoms with Crippen LogP contribution in [0.1, 0.15) is 32.0 Å². The molecule has 0 N–H and O–H groups in total. The highest BCUT2D eigenvalue weighted by molar-refractivity contribution is 9.10. The molecule has 0 radical (unpaired) electrons. The summed E-state index contributed by atoms with van der Waals surface area (Å²) in [5.41, 5.74) is 5.22. The van der Waals surface area contributed by atoms with E-state index in [1.165, 1.54) is 5.56 Å². The van der Waals surface area contributed by atoms with Crippen LogP contribution in [0.15, 0.2) is 99.2 Å². The van der Waals surface area contributed by atoms with Crippen molar-refractivity contribution in [2.24, 2.45) is 0 Å². The van der Waals surface area contributed by atoms with Crippen molar-refractivity contribution in [3.63, 3.8) is 0 Å². The van der Waals surface area contributed by atoms with Gasteiger partial charge in [-0.25, -0.2) is 4.98 Å². The van der Waals surface area contributed by atoms with Gasteiger partial charge in [-0.3, -0.25) is 4.57 Å². The van der Waals surface area contributed by atoms with Crippen molar-refractivity contribution in [1.29, 1.82) is 0 Å². The number of hydrogen-bond acceptors (Lipinski definition) is 5. The molecule has 176 valence electrons. The van der Waals surface area contributed by atoms with Gasteiger partial charge in [-0.1, -0.05) is 90.9 Å². The number of nitrogens with zero attached hydrogens (tertiary/aromatic N) is 4. The maximum atomic E-state index is 5.71. The van der Waals surface area contributed by atoms with Gasteiger partial charge in [-0.15, -0.1) is 10.2 Å². The molecule has 0 saturated heterocycles. The van der Waals surface area contributed by atoms with Crippen LogP contribution < -0.4 is 0 Å². The average Bonchev–Trinajstić information content (AvgIpc) is 3.51. The molecule has 3 aromatic carbocycles. The van der Waals surface area contributed by atoms with Crippen molar-refractivity contribution in [3.05, 3.63) is 101 Å². The molecule has 7 heteroatoms. The van der Waals surface area contributed by atoms with Gasteiger partial charge in [0.15, 0.2) is 11.0 Å². The lowest BCUT2D eigenvalue weighted by atomic mass is 9.87. The molecule has 0 atom stereocenters. The molecular weight excluding hydrogens is 520 g/mol. The van der Waals surface area contributed by atoms with Gasteiger partial charge in [0.1, 0.15) is 6.26 Å². The first-order valence-electron chi connectivity index (χ1n) is 11.3. The van der Waals surface area contributed by atoms with E-state index in [9.17, 15) is 0 Å². The third-order valence-corrected chi connectivity index (χ3v) is 7.14. The number of hydrogen-bond donors (Lipinski definition) is 0. The predicted octanol–water partition coefficient (Wildman–Crippen LogP) is 7.94. The van der Waals surface area contributed by atoms with Crippen molar-refractivity contribution >= 4 is 27.7 Å². The van der Waals surface area contributed by atoms with Crippen molar-refractivity contribution in [3.8, 4) is 28.5 Å². The maximum Gasteiger partial charge on any atom is 0.226 e. The first-order chi connectivity index (χ1) is 16.9. The number of rotatable bonds is 6. The monoisotopic (exact) mass is 544 g/mol. The van der Waals surface area contributed by atoms with E-state index in [0.717, 1.165) is 38.0 Å². The fraction of sp³-hybridized carbons (Fsp3) is 0.179. The first-order valence-corrected chi connectivity index (χ1v) is 13.1.